The molecule has 19 heavy (non-hydrogen) atoms. The molecule has 1 aromatic rings. The molecule has 4 aliphatic rings. The Morgan fingerprint density at radius 2 is 1.84 bits per heavy atom. The molecular weight excluding hydrogens is 252 g/mol. The van der Waals surface area contributed by atoms with Crippen LogP contribution in [0.3, 0.4) is 0 Å². The molecule has 1 heterocycles. The maximum Gasteiger partial charge on any atom is 0.0941 e. The molecule has 1 aromatic heterocycles. The van der Waals surface area contributed by atoms with Crippen molar-refractivity contribution in [2.75, 3.05) is 13.6 Å². The molecule has 4 aliphatic carbocycles. The highest BCUT2D eigenvalue weighted by atomic mass is 32.1. The van der Waals surface area contributed by atoms with Crippen LogP contribution in [0.25, 0.3) is 0 Å². The third-order valence-electron chi connectivity index (χ3n) is 5.72. The number of nitrogens with zero attached hydrogens (tertiary/aromatic N) is 1. The number of nitrogens with one attached hydrogen (secondary N) is 1. The summed E-state index contributed by atoms with van der Waals surface area (Å²) in [5.74, 6) is 3.07. The van der Waals surface area contributed by atoms with E-state index in [2.05, 4.69) is 10.7 Å². The monoisotopic (exact) mass is 276 g/mol. The summed E-state index contributed by atoms with van der Waals surface area (Å²) in [6.45, 7) is 1.05. The lowest BCUT2D eigenvalue weighted by atomic mass is 9.49. The maximum absolute atomic E-state index is 5.02. The predicted molar refractivity (Wildman–Crippen MR) is 79.6 cm³/mol. The molecule has 0 spiro atoms. The van der Waals surface area contributed by atoms with Crippen LogP contribution >= 0.6 is 11.3 Å². The maximum atomic E-state index is 5.02. The molecule has 0 aromatic carbocycles. The van der Waals surface area contributed by atoms with Crippen LogP contribution in [0.15, 0.2) is 5.38 Å². The van der Waals surface area contributed by atoms with E-state index in [1.807, 2.05) is 18.4 Å². The number of rotatable bonds is 4. The molecule has 4 fully saturated rings. The van der Waals surface area contributed by atoms with Gasteiger partial charge in [0.15, 0.2) is 0 Å². The van der Waals surface area contributed by atoms with Crippen LogP contribution in [0.2, 0.25) is 0 Å². The van der Waals surface area contributed by atoms with Gasteiger partial charge in [0.1, 0.15) is 0 Å². The molecule has 0 saturated heterocycles. The molecule has 4 saturated carbocycles. The van der Waals surface area contributed by atoms with Gasteiger partial charge in [-0.05, 0) is 63.3 Å². The average Bonchev–Trinajstić information content (AvgIpc) is 2.84. The fraction of sp³-hybridized carbons (Fsp3) is 0.812. The minimum absolute atomic E-state index is 0.489. The third-order valence-corrected chi connectivity index (χ3v) is 6.63. The molecule has 4 bridgehead atoms. The third kappa shape index (κ3) is 2.06. The first-order valence-corrected chi connectivity index (χ1v) is 8.75. The van der Waals surface area contributed by atoms with Crippen molar-refractivity contribution in [2.45, 2.75) is 50.4 Å². The van der Waals surface area contributed by atoms with Gasteiger partial charge in [0, 0.05) is 23.8 Å². The lowest BCUT2D eigenvalue weighted by Crippen LogP contribution is -2.48. The van der Waals surface area contributed by atoms with Crippen LogP contribution in [-0.4, -0.2) is 18.6 Å². The SMILES string of the molecule is CNCCc1nc(C23CC4CC(CC(C4)C2)C3)cs1. The van der Waals surface area contributed by atoms with Gasteiger partial charge in [-0.25, -0.2) is 4.98 Å². The van der Waals surface area contributed by atoms with Crippen LogP contribution in [0.4, 0.5) is 0 Å². The van der Waals surface area contributed by atoms with E-state index in [-0.39, 0.29) is 0 Å². The summed E-state index contributed by atoms with van der Waals surface area (Å²) in [4.78, 5) is 5.02. The number of hydrogen-bond donors (Lipinski definition) is 1. The number of aromatic nitrogens is 1. The van der Waals surface area contributed by atoms with Gasteiger partial charge < -0.3 is 5.32 Å². The van der Waals surface area contributed by atoms with Gasteiger partial charge in [-0.1, -0.05) is 0 Å². The second-order valence-electron chi connectivity index (χ2n) is 7.18. The van der Waals surface area contributed by atoms with E-state index < -0.39 is 0 Å². The molecule has 1 N–H and O–H groups in total. The highest BCUT2D eigenvalue weighted by Gasteiger charge is 2.52. The predicted octanol–water partition coefficient (Wildman–Crippen LogP) is 3.37. The molecule has 2 nitrogen and oxygen atoms in total. The van der Waals surface area contributed by atoms with Crippen molar-refractivity contribution >= 4 is 11.3 Å². The molecule has 3 heteroatoms. The van der Waals surface area contributed by atoms with E-state index in [0.29, 0.717) is 5.41 Å². The molecule has 0 unspecified atom stereocenters. The largest absolute Gasteiger partial charge is 0.319 e. The van der Waals surface area contributed by atoms with Crippen LogP contribution in [0.5, 0.6) is 0 Å². The standard InChI is InChI=1S/C16H24N2S/c1-17-3-2-15-18-14(10-19-15)16-7-11-4-12(8-16)6-13(5-11)9-16/h10-13,17H,2-9H2,1H3. The molecular formula is C16H24N2S. The van der Waals surface area contributed by atoms with Crippen LogP contribution in [0.1, 0.15) is 49.2 Å². The van der Waals surface area contributed by atoms with Crippen molar-refractivity contribution < 1.29 is 0 Å². The normalized spacial score (nSPS) is 39.9. The van der Waals surface area contributed by atoms with Crippen LogP contribution in [0, 0.1) is 17.8 Å². The lowest BCUT2D eigenvalue weighted by molar-refractivity contribution is -0.00698. The van der Waals surface area contributed by atoms with Gasteiger partial charge >= 0.3 is 0 Å². The van der Waals surface area contributed by atoms with Gasteiger partial charge in [-0.3, -0.25) is 0 Å². The van der Waals surface area contributed by atoms with Crippen molar-refractivity contribution in [3.63, 3.8) is 0 Å². The summed E-state index contributed by atoms with van der Waals surface area (Å²) in [6, 6.07) is 0. The zero-order valence-corrected chi connectivity index (χ0v) is 12.6. The van der Waals surface area contributed by atoms with E-state index in [4.69, 9.17) is 4.98 Å². The van der Waals surface area contributed by atoms with Gasteiger partial charge in [0.2, 0.25) is 0 Å². The Balaban J connectivity index is 1.59. The summed E-state index contributed by atoms with van der Waals surface area (Å²) in [5, 5.41) is 6.95. The van der Waals surface area contributed by atoms with Gasteiger partial charge in [0.05, 0.1) is 10.7 Å². The minimum atomic E-state index is 0.489. The lowest BCUT2D eigenvalue weighted by Gasteiger charge is -2.56. The summed E-state index contributed by atoms with van der Waals surface area (Å²) in [6.07, 6.45) is 9.98. The second-order valence-corrected chi connectivity index (χ2v) is 8.12. The summed E-state index contributed by atoms with van der Waals surface area (Å²) < 4.78 is 0. The summed E-state index contributed by atoms with van der Waals surface area (Å²) >= 11 is 1.89. The first kappa shape index (κ1) is 12.3. The Morgan fingerprint density at radius 1 is 1.21 bits per heavy atom. The Labute approximate surface area is 120 Å². The summed E-state index contributed by atoms with van der Waals surface area (Å²) in [7, 11) is 2.02. The topological polar surface area (TPSA) is 24.9 Å². The Morgan fingerprint density at radius 3 is 2.42 bits per heavy atom. The fourth-order valence-electron chi connectivity index (χ4n) is 5.33. The van der Waals surface area contributed by atoms with Gasteiger partial charge in [-0.2, -0.15) is 0 Å². The van der Waals surface area contributed by atoms with Crippen molar-refractivity contribution in [1.82, 2.24) is 10.3 Å². The van der Waals surface area contributed by atoms with Crippen molar-refractivity contribution in [3.8, 4) is 0 Å². The fourth-order valence-corrected chi connectivity index (χ4v) is 6.25. The average molecular weight is 276 g/mol. The van der Waals surface area contributed by atoms with Crippen LogP contribution < -0.4 is 5.32 Å². The number of thiazole rings is 1. The van der Waals surface area contributed by atoms with Crippen LogP contribution in [-0.2, 0) is 11.8 Å². The molecule has 0 amide bonds. The van der Waals surface area contributed by atoms with Crippen molar-refractivity contribution in [2.24, 2.45) is 17.8 Å². The van der Waals surface area contributed by atoms with E-state index in [1.165, 1.54) is 49.2 Å². The summed E-state index contributed by atoms with van der Waals surface area (Å²) in [5.41, 5.74) is 1.95. The molecule has 0 aliphatic heterocycles. The quantitative estimate of drug-likeness (QED) is 0.912. The highest BCUT2D eigenvalue weighted by molar-refractivity contribution is 7.09. The molecule has 104 valence electrons. The Hall–Kier alpha value is -0.410. The van der Waals surface area contributed by atoms with Gasteiger partial charge in [0.25, 0.3) is 0 Å². The number of hydrogen-bond acceptors (Lipinski definition) is 3. The first-order valence-electron chi connectivity index (χ1n) is 7.87. The van der Waals surface area contributed by atoms with E-state index in [1.54, 1.807) is 0 Å². The minimum Gasteiger partial charge on any atom is -0.319 e. The van der Waals surface area contributed by atoms with E-state index in [9.17, 15) is 0 Å². The highest BCUT2D eigenvalue weighted by Crippen LogP contribution is 2.60. The smallest absolute Gasteiger partial charge is 0.0941 e. The van der Waals surface area contributed by atoms with Gasteiger partial charge in [-0.15, -0.1) is 11.3 Å². The Bertz CT molecular complexity index is 430. The molecule has 0 radical (unpaired) electrons. The first-order chi connectivity index (χ1) is 9.27. The molecule has 0 atom stereocenters. The van der Waals surface area contributed by atoms with E-state index in [0.717, 1.165) is 30.7 Å². The van der Waals surface area contributed by atoms with Crippen molar-refractivity contribution in [3.05, 3.63) is 16.1 Å². The zero-order chi connectivity index (χ0) is 12.9. The zero-order valence-electron chi connectivity index (χ0n) is 11.8. The van der Waals surface area contributed by atoms with Crippen molar-refractivity contribution in [1.29, 1.82) is 0 Å². The number of likely N-dealkylation sites (N-methyl/N-ethyl adjacent to an activating group) is 1. The molecule has 5 rings (SSSR count). The second kappa shape index (κ2) is 4.56. The Kier molecular flexibility index (Phi) is 2.96. The van der Waals surface area contributed by atoms with E-state index >= 15 is 0 Å².